The molecule has 1 aromatic heterocycles. The van der Waals surface area contributed by atoms with Crippen molar-refractivity contribution in [3.63, 3.8) is 0 Å². The number of anilines is 2. The molecule has 0 radical (unpaired) electrons. The molecule has 1 aliphatic heterocycles. The van der Waals surface area contributed by atoms with E-state index in [1.807, 2.05) is 24.3 Å². The maximum atomic E-state index is 13.3. The number of carbonyl (C=O) groups is 1. The molecule has 0 N–H and O–H groups in total. The first-order valence-electron chi connectivity index (χ1n) is 9.86. The van der Waals surface area contributed by atoms with Crippen molar-refractivity contribution in [1.29, 1.82) is 0 Å². The minimum atomic E-state index is -3.64. The van der Waals surface area contributed by atoms with E-state index in [1.165, 1.54) is 36.0 Å². The highest BCUT2D eigenvalue weighted by molar-refractivity contribution is 7.99. The van der Waals surface area contributed by atoms with Crippen LogP contribution < -0.4 is 9.21 Å². The van der Waals surface area contributed by atoms with Crippen LogP contribution in [0.25, 0.3) is 0 Å². The number of hydrogen-bond donors (Lipinski definition) is 0. The van der Waals surface area contributed by atoms with Crippen LogP contribution in [0.5, 0.6) is 0 Å². The van der Waals surface area contributed by atoms with Gasteiger partial charge in [0.15, 0.2) is 11.0 Å². The number of aromatic nitrogens is 3. The summed E-state index contributed by atoms with van der Waals surface area (Å²) in [5.41, 5.74) is 2.43. The van der Waals surface area contributed by atoms with Gasteiger partial charge in [0.25, 0.3) is 0 Å². The van der Waals surface area contributed by atoms with Gasteiger partial charge in [0.05, 0.1) is 24.2 Å². The molecule has 8 nitrogen and oxygen atoms in total. The van der Waals surface area contributed by atoms with Gasteiger partial charge in [-0.1, -0.05) is 30.0 Å². The topological polar surface area (TPSA) is 88.4 Å². The van der Waals surface area contributed by atoms with Crippen LogP contribution in [0.1, 0.15) is 11.4 Å². The average Bonchev–Trinajstić information content (AvgIpc) is 3.34. The highest BCUT2D eigenvalue weighted by atomic mass is 32.2. The Hall–Kier alpha value is -2.92. The van der Waals surface area contributed by atoms with E-state index in [2.05, 4.69) is 10.2 Å². The zero-order valence-corrected chi connectivity index (χ0v) is 19.2. The van der Waals surface area contributed by atoms with E-state index in [9.17, 15) is 17.6 Å². The highest BCUT2D eigenvalue weighted by Crippen LogP contribution is 2.29. The first-order valence-corrected chi connectivity index (χ1v) is 12.7. The molecule has 0 bridgehead atoms. The number of thioether (sulfide) groups is 1. The van der Waals surface area contributed by atoms with Gasteiger partial charge >= 0.3 is 0 Å². The Bertz CT molecular complexity index is 1240. The number of nitrogens with zero attached hydrogens (tertiary/aromatic N) is 5. The van der Waals surface area contributed by atoms with Crippen molar-refractivity contribution in [1.82, 2.24) is 14.8 Å². The molecule has 3 aromatic rings. The molecule has 0 atom stereocenters. The predicted molar refractivity (Wildman–Crippen MR) is 122 cm³/mol. The van der Waals surface area contributed by atoms with Gasteiger partial charge in [0, 0.05) is 19.3 Å². The summed E-state index contributed by atoms with van der Waals surface area (Å²) in [7, 11) is -1.92. The van der Waals surface area contributed by atoms with Crippen LogP contribution in [0.15, 0.2) is 53.7 Å². The van der Waals surface area contributed by atoms with Crippen molar-refractivity contribution in [2.45, 2.75) is 18.1 Å². The lowest BCUT2D eigenvalue weighted by molar-refractivity contribution is -0.116. The zero-order valence-electron chi connectivity index (χ0n) is 17.6. The molecule has 4 rings (SSSR count). The molecule has 1 aliphatic rings. The number of rotatable bonds is 7. The maximum Gasteiger partial charge on any atom is 0.237 e. The van der Waals surface area contributed by atoms with Gasteiger partial charge in [-0.2, -0.15) is 0 Å². The van der Waals surface area contributed by atoms with Gasteiger partial charge < -0.3 is 9.47 Å². The number of sulfonamides is 1. The third-order valence-corrected chi connectivity index (χ3v) is 7.38. The fourth-order valence-corrected chi connectivity index (χ4v) is 5.21. The van der Waals surface area contributed by atoms with Crippen LogP contribution in [-0.2, 0) is 34.8 Å². The second-order valence-corrected chi connectivity index (χ2v) is 10.3. The minimum Gasteiger partial charge on any atom is -0.311 e. The Morgan fingerprint density at radius 3 is 2.59 bits per heavy atom. The smallest absolute Gasteiger partial charge is 0.237 e. The van der Waals surface area contributed by atoms with Gasteiger partial charge in [-0.15, -0.1) is 10.2 Å². The summed E-state index contributed by atoms with van der Waals surface area (Å²) in [6, 6.07) is 13.1. The van der Waals surface area contributed by atoms with Gasteiger partial charge in [-0.3, -0.25) is 9.10 Å². The second kappa shape index (κ2) is 8.91. The fraction of sp³-hybridized carbons (Fsp3) is 0.286. The lowest BCUT2D eigenvalue weighted by Gasteiger charge is -2.21. The van der Waals surface area contributed by atoms with Crippen molar-refractivity contribution in [2.24, 2.45) is 7.05 Å². The summed E-state index contributed by atoms with van der Waals surface area (Å²) >= 11 is 1.25. The Morgan fingerprint density at radius 1 is 1.16 bits per heavy atom. The van der Waals surface area contributed by atoms with E-state index in [0.29, 0.717) is 23.2 Å². The molecule has 0 saturated carbocycles. The Kier molecular flexibility index (Phi) is 6.20. The largest absolute Gasteiger partial charge is 0.311 e. The average molecular weight is 476 g/mol. The monoisotopic (exact) mass is 475 g/mol. The maximum absolute atomic E-state index is 13.3. The van der Waals surface area contributed by atoms with Gasteiger partial charge in [-0.05, 0) is 42.3 Å². The quantitative estimate of drug-likeness (QED) is 0.488. The van der Waals surface area contributed by atoms with Crippen LogP contribution in [0.4, 0.5) is 15.8 Å². The van der Waals surface area contributed by atoms with Crippen LogP contribution in [0.3, 0.4) is 0 Å². The molecule has 0 aliphatic carbocycles. The van der Waals surface area contributed by atoms with E-state index < -0.39 is 15.8 Å². The first kappa shape index (κ1) is 22.3. The number of amides is 1. The van der Waals surface area contributed by atoms with Gasteiger partial charge in [0.2, 0.25) is 15.9 Å². The fourth-order valence-electron chi connectivity index (χ4n) is 3.55. The number of hydrogen-bond acceptors (Lipinski definition) is 6. The summed E-state index contributed by atoms with van der Waals surface area (Å²) < 4.78 is 40.7. The number of benzene rings is 2. The summed E-state index contributed by atoms with van der Waals surface area (Å²) in [5, 5.41) is 8.74. The normalized spacial score (nSPS) is 13.3. The molecule has 2 heterocycles. The van der Waals surface area contributed by atoms with Crippen LogP contribution in [0, 0.1) is 5.82 Å². The number of para-hydroxylation sites is 1. The van der Waals surface area contributed by atoms with Gasteiger partial charge in [0.1, 0.15) is 5.82 Å². The van der Waals surface area contributed by atoms with Crippen molar-refractivity contribution in [2.75, 3.05) is 27.8 Å². The van der Waals surface area contributed by atoms with Crippen LogP contribution >= 0.6 is 11.8 Å². The van der Waals surface area contributed by atoms with Crippen molar-refractivity contribution < 1.29 is 17.6 Å². The molecular weight excluding hydrogens is 453 g/mol. The molecule has 0 unspecified atom stereocenters. The number of fused-ring (bicyclic) bond motifs is 1. The second-order valence-electron chi connectivity index (χ2n) is 7.42. The molecule has 0 fully saturated rings. The highest BCUT2D eigenvalue weighted by Gasteiger charge is 2.25. The lowest BCUT2D eigenvalue weighted by Crippen LogP contribution is -2.31. The Labute approximate surface area is 190 Å². The summed E-state index contributed by atoms with van der Waals surface area (Å²) in [6.45, 7) is 0.589. The van der Waals surface area contributed by atoms with Crippen molar-refractivity contribution in [3.05, 3.63) is 65.7 Å². The number of halogens is 1. The molecular formula is C21H22FN5O3S2. The summed E-state index contributed by atoms with van der Waals surface area (Å²) in [6.07, 6.45) is 1.92. The molecule has 1 amide bonds. The zero-order chi connectivity index (χ0) is 22.9. The molecule has 168 valence electrons. The van der Waals surface area contributed by atoms with Crippen LogP contribution in [-0.4, -0.2) is 47.6 Å². The van der Waals surface area contributed by atoms with E-state index in [-0.39, 0.29) is 18.2 Å². The Balaban J connectivity index is 1.46. The Morgan fingerprint density at radius 2 is 1.88 bits per heavy atom. The van der Waals surface area contributed by atoms with Crippen molar-refractivity contribution >= 4 is 39.1 Å². The summed E-state index contributed by atoms with van der Waals surface area (Å²) in [4.78, 5) is 14.5. The van der Waals surface area contributed by atoms with Gasteiger partial charge in [-0.25, -0.2) is 12.8 Å². The summed E-state index contributed by atoms with van der Waals surface area (Å²) in [5.74, 6) is 0.119. The van der Waals surface area contributed by atoms with Crippen molar-refractivity contribution in [3.8, 4) is 0 Å². The molecule has 11 heteroatoms. The minimum absolute atomic E-state index is 0.0198. The molecule has 0 spiro atoms. The number of carbonyl (C=O) groups excluding carboxylic acids is 1. The molecule has 0 saturated heterocycles. The predicted octanol–water partition coefficient (Wildman–Crippen LogP) is 2.60. The third-order valence-electron chi connectivity index (χ3n) is 5.24. The SMILES string of the molecule is Cn1c(CN(c2ccc(F)cc2)S(C)(=O)=O)nnc1SCC(=O)N1CCc2ccccc21. The molecule has 32 heavy (non-hydrogen) atoms. The third kappa shape index (κ3) is 4.63. The van der Waals surface area contributed by atoms with E-state index in [4.69, 9.17) is 0 Å². The molecule has 2 aromatic carbocycles. The van der Waals surface area contributed by atoms with E-state index in [1.54, 1.807) is 16.5 Å². The van der Waals surface area contributed by atoms with E-state index >= 15 is 0 Å². The first-order chi connectivity index (χ1) is 15.2. The van der Waals surface area contributed by atoms with Crippen LogP contribution in [0.2, 0.25) is 0 Å². The lowest BCUT2D eigenvalue weighted by atomic mass is 10.2. The van der Waals surface area contributed by atoms with E-state index in [0.717, 1.165) is 28.2 Å². The standard InChI is InChI=1S/C21H22FN5O3S2/c1-25-19(13-27(32(2,29)30)17-9-7-16(22)8-10-17)23-24-21(25)31-14-20(28)26-12-11-15-5-3-4-6-18(15)26/h3-10H,11-14H2,1-2H3.